The van der Waals surface area contributed by atoms with Crippen molar-refractivity contribution in [1.29, 1.82) is 0 Å². The van der Waals surface area contributed by atoms with E-state index in [2.05, 4.69) is 5.10 Å². The summed E-state index contributed by atoms with van der Waals surface area (Å²) in [5.41, 5.74) is 0.987. The van der Waals surface area contributed by atoms with Crippen LogP contribution in [-0.2, 0) is 17.8 Å². The van der Waals surface area contributed by atoms with Crippen molar-refractivity contribution < 1.29 is 14.1 Å². The molecule has 0 radical (unpaired) electrons. The van der Waals surface area contributed by atoms with Crippen LogP contribution in [0.1, 0.15) is 24.8 Å². The Morgan fingerprint density at radius 3 is 2.72 bits per heavy atom. The molecule has 1 amide bonds. The molecule has 0 unspecified atom stereocenters. The first-order valence-corrected chi connectivity index (χ1v) is 8.24. The van der Waals surface area contributed by atoms with Crippen molar-refractivity contribution in [3.63, 3.8) is 0 Å². The maximum atomic E-state index is 13.0. The quantitative estimate of drug-likeness (QED) is 0.615. The van der Waals surface area contributed by atoms with E-state index in [1.165, 1.54) is 29.1 Å². The highest BCUT2D eigenvalue weighted by molar-refractivity contribution is 5.76. The van der Waals surface area contributed by atoms with Crippen LogP contribution >= 0.6 is 0 Å². The largest absolute Gasteiger partial charge is 0.389 e. The van der Waals surface area contributed by atoms with Gasteiger partial charge in [0.1, 0.15) is 12.4 Å². The fourth-order valence-electron chi connectivity index (χ4n) is 3.20. The van der Waals surface area contributed by atoms with Crippen LogP contribution in [0.5, 0.6) is 0 Å². The van der Waals surface area contributed by atoms with Crippen LogP contribution in [0, 0.1) is 15.9 Å². The Hall–Kier alpha value is -2.77. The van der Waals surface area contributed by atoms with Crippen molar-refractivity contribution in [2.75, 3.05) is 6.54 Å². The number of hydrogen-bond donors (Lipinski definition) is 0. The van der Waals surface area contributed by atoms with E-state index in [4.69, 9.17) is 0 Å². The molecule has 0 aliphatic carbocycles. The van der Waals surface area contributed by atoms with Crippen molar-refractivity contribution in [1.82, 2.24) is 14.7 Å². The molecule has 1 saturated heterocycles. The first-order chi connectivity index (χ1) is 12.0. The van der Waals surface area contributed by atoms with Crippen LogP contribution in [0.2, 0.25) is 0 Å². The Kier molecular flexibility index (Phi) is 5.06. The minimum atomic E-state index is -0.584. The smallest absolute Gasteiger partial charge is 0.358 e. The minimum absolute atomic E-state index is 0.0201. The topological polar surface area (TPSA) is 81.3 Å². The maximum absolute atomic E-state index is 13.0. The zero-order valence-electron chi connectivity index (χ0n) is 13.7. The first kappa shape index (κ1) is 17.1. The highest BCUT2D eigenvalue weighted by atomic mass is 19.1. The molecule has 1 aliphatic heterocycles. The summed E-state index contributed by atoms with van der Waals surface area (Å²) < 4.78 is 14.3. The van der Waals surface area contributed by atoms with E-state index in [1.807, 2.05) is 4.90 Å². The average Bonchev–Trinajstić information content (AvgIpc) is 3.06. The lowest BCUT2D eigenvalue weighted by Crippen LogP contribution is -2.46. The van der Waals surface area contributed by atoms with Gasteiger partial charge in [0.25, 0.3) is 0 Å². The molecule has 8 heteroatoms. The molecule has 1 aromatic carbocycles. The Labute approximate surface area is 144 Å². The zero-order chi connectivity index (χ0) is 17.8. The van der Waals surface area contributed by atoms with Crippen LogP contribution in [0.3, 0.4) is 0 Å². The van der Waals surface area contributed by atoms with Gasteiger partial charge in [-0.25, -0.2) is 4.39 Å². The zero-order valence-corrected chi connectivity index (χ0v) is 13.7. The van der Waals surface area contributed by atoms with E-state index < -0.39 is 4.92 Å². The van der Waals surface area contributed by atoms with E-state index in [0.29, 0.717) is 13.0 Å². The number of likely N-dealkylation sites (tertiary alicyclic amines) is 1. The normalized spacial score (nSPS) is 17.5. The van der Waals surface area contributed by atoms with Crippen LogP contribution in [0.25, 0.3) is 0 Å². The van der Waals surface area contributed by atoms with Crippen molar-refractivity contribution in [3.8, 4) is 0 Å². The van der Waals surface area contributed by atoms with Crippen LogP contribution in [-0.4, -0.2) is 38.1 Å². The molecule has 0 N–H and O–H groups in total. The second-order valence-corrected chi connectivity index (χ2v) is 6.20. The number of amides is 1. The van der Waals surface area contributed by atoms with Gasteiger partial charge in [-0.2, -0.15) is 4.68 Å². The van der Waals surface area contributed by atoms with Crippen molar-refractivity contribution in [2.45, 2.75) is 38.3 Å². The molecular weight excluding hydrogens is 327 g/mol. The molecule has 1 atom stereocenters. The number of carbonyl (C=O) groups excluding carboxylic acids is 1. The lowest BCUT2D eigenvalue weighted by molar-refractivity contribution is -0.389. The second kappa shape index (κ2) is 7.42. The van der Waals surface area contributed by atoms with Crippen molar-refractivity contribution >= 4 is 11.7 Å². The highest BCUT2D eigenvalue weighted by Crippen LogP contribution is 2.21. The third-order valence-electron chi connectivity index (χ3n) is 4.44. The third-order valence-corrected chi connectivity index (χ3v) is 4.44. The molecule has 1 aromatic heterocycles. The van der Waals surface area contributed by atoms with Gasteiger partial charge in [-0.1, -0.05) is 12.1 Å². The number of halogens is 1. The predicted octanol–water partition coefficient (Wildman–Crippen LogP) is 2.55. The van der Waals surface area contributed by atoms with E-state index in [1.54, 1.807) is 12.1 Å². The lowest BCUT2D eigenvalue weighted by atomic mass is 9.95. The van der Waals surface area contributed by atoms with Gasteiger partial charge in [0, 0.05) is 12.6 Å². The summed E-state index contributed by atoms with van der Waals surface area (Å²) in [6.07, 6.45) is 4.98. The summed E-state index contributed by atoms with van der Waals surface area (Å²) in [6, 6.07) is 7.66. The number of benzene rings is 1. The van der Waals surface area contributed by atoms with E-state index in [0.717, 1.165) is 24.8 Å². The first-order valence-electron chi connectivity index (χ1n) is 8.24. The number of rotatable bonds is 5. The summed E-state index contributed by atoms with van der Waals surface area (Å²) in [6.45, 7) is 0.641. The summed E-state index contributed by atoms with van der Waals surface area (Å²) in [4.78, 5) is 24.6. The van der Waals surface area contributed by atoms with Gasteiger partial charge in [0.05, 0.1) is 17.4 Å². The fourth-order valence-corrected chi connectivity index (χ4v) is 3.20. The second-order valence-electron chi connectivity index (χ2n) is 6.20. The molecule has 2 heterocycles. The summed E-state index contributed by atoms with van der Waals surface area (Å²) in [5.74, 6) is -0.653. The van der Waals surface area contributed by atoms with Gasteiger partial charge in [0.2, 0.25) is 5.91 Å². The van der Waals surface area contributed by atoms with Gasteiger partial charge in [-0.3, -0.25) is 4.79 Å². The van der Waals surface area contributed by atoms with Crippen molar-refractivity contribution in [3.05, 3.63) is 58.0 Å². The summed E-state index contributed by atoms with van der Waals surface area (Å²) >= 11 is 0. The molecule has 0 spiro atoms. The van der Waals surface area contributed by atoms with Gasteiger partial charge >= 0.3 is 5.82 Å². The Morgan fingerprint density at radius 1 is 1.28 bits per heavy atom. The highest BCUT2D eigenvalue weighted by Gasteiger charge is 2.27. The lowest BCUT2D eigenvalue weighted by Gasteiger charge is -2.35. The monoisotopic (exact) mass is 346 g/mol. The van der Waals surface area contributed by atoms with Crippen molar-refractivity contribution in [2.24, 2.45) is 0 Å². The predicted molar refractivity (Wildman–Crippen MR) is 88.3 cm³/mol. The number of nitrogens with zero attached hydrogens (tertiary/aromatic N) is 4. The standard InChI is InChI=1S/C17H19FN4O3/c18-14-6-4-13(5-7-14)11-15-3-1-2-9-21(15)17(23)12-20-10-8-16(19-20)22(24)25/h4-8,10,15H,1-3,9,11-12H2/t15-/m0/s1. The number of hydrogen-bond acceptors (Lipinski definition) is 4. The van der Waals surface area contributed by atoms with E-state index >= 15 is 0 Å². The fraction of sp³-hybridized carbons (Fsp3) is 0.412. The molecule has 7 nitrogen and oxygen atoms in total. The van der Waals surface area contributed by atoms with E-state index in [-0.39, 0.29) is 30.1 Å². The number of nitro groups is 1. The van der Waals surface area contributed by atoms with Crippen LogP contribution in [0.4, 0.5) is 10.2 Å². The van der Waals surface area contributed by atoms with Gasteiger partial charge < -0.3 is 15.0 Å². The number of carbonyl (C=O) groups is 1. The summed E-state index contributed by atoms with van der Waals surface area (Å²) in [7, 11) is 0. The summed E-state index contributed by atoms with van der Waals surface area (Å²) in [5, 5.41) is 14.5. The van der Waals surface area contributed by atoms with E-state index in [9.17, 15) is 19.3 Å². The Bertz CT molecular complexity index is 760. The third kappa shape index (κ3) is 4.20. The van der Waals surface area contributed by atoms with Crippen LogP contribution < -0.4 is 0 Å². The molecule has 2 aromatic rings. The number of piperidine rings is 1. The molecule has 132 valence electrons. The molecule has 3 rings (SSSR count). The van der Waals surface area contributed by atoms with Crippen LogP contribution in [0.15, 0.2) is 36.5 Å². The average molecular weight is 346 g/mol. The Morgan fingerprint density at radius 2 is 2.04 bits per heavy atom. The molecule has 0 bridgehead atoms. The van der Waals surface area contributed by atoms with Gasteiger partial charge in [-0.05, 0) is 48.3 Å². The van der Waals surface area contributed by atoms with Gasteiger partial charge in [-0.15, -0.1) is 0 Å². The minimum Gasteiger partial charge on any atom is -0.358 e. The SMILES string of the molecule is O=C(Cn1ccc([N+](=O)[O-])n1)N1CCCC[C@H]1Cc1ccc(F)cc1. The van der Waals surface area contributed by atoms with Gasteiger partial charge in [0.15, 0.2) is 0 Å². The number of aromatic nitrogens is 2. The molecule has 1 fully saturated rings. The Balaban J connectivity index is 1.67. The molecule has 25 heavy (non-hydrogen) atoms. The maximum Gasteiger partial charge on any atom is 0.389 e. The molecular formula is C17H19FN4O3. The molecule has 0 saturated carbocycles. The molecule has 1 aliphatic rings.